The Bertz CT molecular complexity index is 440. The molecule has 0 radical (unpaired) electrons. The first kappa shape index (κ1) is 13.9. The van der Waals surface area contributed by atoms with Crippen LogP contribution in [0.5, 0.6) is 0 Å². The first-order chi connectivity index (χ1) is 9.20. The molecular formula is C15H22N2O2. The van der Waals surface area contributed by atoms with Crippen LogP contribution in [0.25, 0.3) is 0 Å². The van der Waals surface area contributed by atoms with Gasteiger partial charge in [-0.25, -0.2) is 0 Å². The zero-order valence-electron chi connectivity index (χ0n) is 11.7. The summed E-state index contributed by atoms with van der Waals surface area (Å²) in [5.74, 6) is -0.0173. The molecule has 2 rings (SSSR count). The van der Waals surface area contributed by atoms with Crippen molar-refractivity contribution >= 4 is 11.6 Å². The van der Waals surface area contributed by atoms with Crippen molar-refractivity contribution in [3.63, 3.8) is 0 Å². The van der Waals surface area contributed by atoms with Gasteiger partial charge >= 0.3 is 0 Å². The van der Waals surface area contributed by atoms with E-state index in [0.29, 0.717) is 18.2 Å². The van der Waals surface area contributed by atoms with Crippen LogP contribution in [-0.2, 0) is 4.74 Å². The number of ether oxygens (including phenoxy) is 1. The summed E-state index contributed by atoms with van der Waals surface area (Å²) in [6, 6.07) is 5.74. The Morgan fingerprint density at radius 1 is 1.47 bits per heavy atom. The predicted octanol–water partition coefficient (Wildman–Crippen LogP) is 2.34. The molecule has 1 aromatic rings. The smallest absolute Gasteiger partial charge is 0.251 e. The Labute approximate surface area is 114 Å². The number of anilines is 1. The average molecular weight is 262 g/mol. The van der Waals surface area contributed by atoms with Crippen LogP contribution in [-0.4, -0.2) is 31.7 Å². The number of aryl methyl sites for hydroxylation is 1. The van der Waals surface area contributed by atoms with Crippen LogP contribution in [0, 0.1) is 6.92 Å². The number of benzene rings is 1. The van der Waals surface area contributed by atoms with Gasteiger partial charge in [0, 0.05) is 30.9 Å². The van der Waals surface area contributed by atoms with Gasteiger partial charge in [0.1, 0.15) is 0 Å². The Kier molecular flexibility index (Phi) is 4.80. The summed E-state index contributed by atoms with van der Waals surface area (Å²) in [5, 5.41) is 6.20. The molecule has 0 bridgehead atoms. The zero-order valence-corrected chi connectivity index (χ0v) is 11.7. The molecule has 1 fully saturated rings. The molecule has 1 saturated heterocycles. The maximum atomic E-state index is 11.7. The lowest BCUT2D eigenvalue weighted by Gasteiger charge is -2.14. The summed E-state index contributed by atoms with van der Waals surface area (Å²) in [5.41, 5.74) is 2.87. The number of nitrogens with one attached hydrogen (secondary N) is 2. The highest BCUT2D eigenvalue weighted by molar-refractivity contribution is 5.94. The first-order valence-electron chi connectivity index (χ1n) is 6.95. The molecule has 1 amide bonds. The van der Waals surface area contributed by atoms with Crippen LogP contribution >= 0.6 is 0 Å². The molecule has 1 aliphatic heterocycles. The van der Waals surface area contributed by atoms with Gasteiger partial charge in [0.25, 0.3) is 5.91 Å². The van der Waals surface area contributed by atoms with Gasteiger partial charge in [0.05, 0.1) is 6.10 Å². The van der Waals surface area contributed by atoms with E-state index in [9.17, 15) is 4.79 Å². The van der Waals surface area contributed by atoms with Crippen molar-refractivity contribution in [2.45, 2.75) is 32.8 Å². The van der Waals surface area contributed by atoms with Crippen LogP contribution in [0.1, 0.15) is 35.7 Å². The lowest BCUT2D eigenvalue weighted by Crippen LogP contribution is -2.23. The second kappa shape index (κ2) is 6.57. The number of hydrogen-bond donors (Lipinski definition) is 2. The fourth-order valence-corrected chi connectivity index (χ4v) is 2.29. The van der Waals surface area contributed by atoms with E-state index < -0.39 is 0 Å². The van der Waals surface area contributed by atoms with Crippen molar-refractivity contribution in [3.8, 4) is 0 Å². The summed E-state index contributed by atoms with van der Waals surface area (Å²) < 4.78 is 5.58. The Morgan fingerprint density at radius 3 is 2.95 bits per heavy atom. The zero-order chi connectivity index (χ0) is 13.7. The molecule has 1 atom stereocenters. The monoisotopic (exact) mass is 262 g/mol. The van der Waals surface area contributed by atoms with Gasteiger partial charge < -0.3 is 15.4 Å². The lowest BCUT2D eigenvalue weighted by molar-refractivity contribution is 0.0955. The average Bonchev–Trinajstić information content (AvgIpc) is 2.90. The van der Waals surface area contributed by atoms with Gasteiger partial charge in [-0.15, -0.1) is 0 Å². The summed E-state index contributed by atoms with van der Waals surface area (Å²) >= 11 is 0. The highest BCUT2D eigenvalue weighted by Crippen LogP contribution is 2.18. The molecule has 1 aromatic carbocycles. The second-order valence-electron chi connectivity index (χ2n) is 4.91. The molecule has 4 nitrogen and oxygen atoms in total. The van der Waals surface area contributed by atoms with Crippen molar-refractivity contribution < 1.29 is 9.53 Å². The van der Waals surface area contributed by atoms with E-state index in [1.807, 2.05) is 32.0 Å². The maximum Gasteiger partial charge on any atom is 0.251 e. The van der Waals surface area contributed by atoms with E-state index >= 15 is 0 Å². The largest absolute Gasteiger partial charge is 0.382 e. The van der Waals surface area contributed by atoms with Crippen LogP contribution in [0.2, 0.25) is 0 Å². The van der Waals surface area contributed by atoms with E-state index in [4.69, 9.17) is 4.74 Å². The third kappa shape index (κ3) is 3.70. The minimum Gasteiger partial charge on any atom is -0.382 e. The fourth-order valence-electron chi connectivity index (χ4n) is 2.29. The van der Waals surface area contributed by atoms with Gasteiger partial charge in [-0.05, 0) is 50.5 Å². The van der Waals surface area contributed by atoms with Crippen molar-refractivity contribution in [2.75, 3.05) is 25.0 Å². The second-order valence-corrected chi connectivity index (χ2v) is 4.91. The third-order valence-corrected chi connectivity index (χ3v) is 3.37. The van der Waals surface area contributed by atoms with Crippen molar-refractivity contribution in [1.82, 2.24) is 5.32 Å². The van der Waals surface area contributed by atoms with Crippen molar-refractivity contribution in [2.24, 2.45) is 0 Å². The van der Waals surface area contributed by atoms with Gasteiger partial charge in [-0.1, -0.05) is 0 Å². The normalized spacial score (nSPS) is 18.3. The molecule has 0 saturated carbocycles. The Balaban J connectivity index is 1.96. The molecule has 19 heavy (non-hydrogen) atoms. The van der Waals surface area contributed by atoms with E-state index in [2.05, 4.69) is 10.6 Å². The van der Waals surface area contributed by atoms with E-state index in [1.54, 1.807) is 0 Å². The molecule has 0 aromatic heterocycles. The molecule has 4 heteroatoms. The van der Waals surface area contributed by atoms with Crippen LogP contribution in [0.15, 0.2) is 18.2 Å². The summed E-state index contributed by atoms with van der Waals surface area (Å²) in [4.78, 5) is 11.7. The Hall–Kier alpha value is -1.55. The number of hydrogen-bond acceptors (Lipinski definition) is 3. The highest BCUT2D eigenvalue weighted by Gasteiger charge is 2.15. The predicted molar refractivity (Wildman–Crippen MR) is 76.6 cm³/mol. The molecular weight excluding hydrogens is 240 g/mol. The standard InChI is InChI=1S/C15H22N2O2/c1-3-16-15(18)12-6-7-14(11(2)9-12)17-10-13-5-4-8-19-13/h6-7,9,13,17H,3-5,8,10H2,1-2H3,(H,16,18). The van der Waals surface area contributed by atoms with E-state index in [1.165, 1.54) is 0 Å². The van der Waals surface area contributed by atoms with Crippen LogP contribution in [0.4, 0.5) is 5.69 Å². The van der Waals surface area contributed by atoms with Crippen LogP contribution < -0.4 is 10.6 Å². The maximum absolute atomic E-state index is 11.7. The molecule has 2 N–H and O–H groups in total. The first-order valence-corrected chi connectivity index (χ1v) is 6.95. The molecule has 104 valence electrons. The number of rotatable bonds is 5. The molecule has 1 unspecified atom stereocenters. The molecule has 0 spiro atoms. The quantitative estimate of drug-likeness (QED) is 0.856. The van der Waals surface area contributed by atoms with Crippen molar-refractivity contribution in [3.05, 3.63) is 29.3 Å². The third-order valence-electron chi connectivity index (χ3n) is 3.37. The summed E-state index contributed by atoms with van der Waals surface area (Å²) in [7, 11) is 0. The molecule has 1 heterocycles. The minimum atomic E-state index is -0.0173. The van der Waals surface area contributed by atoms with Crippen LogP contribution in [0.3, 0.4) is 0 Å². The Morgan fingerprint density at radius 2 is 2.32 bits per heavy atom. The van der Waals surface area contributed by atoms with Gasteiger partial charge in [-0.3, -0.25) is 4.79 Å². The lowest BCUT2D eigenvalue weighted by atomic mass is 10.1. The topological polar surface area (TPSA) is 50.4 Å². The number of carbonyl (C=O) groups is 1. The SMILES string of the molecule is CCNC(=O)c1ccc(NCC2CCCO2)c(C)c1. The van der Waals surface area contributed by atoms with Gasteiger partial charge in [0.15, 0.2) is 0 Å². The highest BCUT2D eigenvalue weighted by atomic mass is 16.5. The number of amides is 1. The van der Waals surface area contributed by atoms with E-state index in [0.717, 1.165) is 37.2 Å². The van der Waals surface area contributed by atoms with Crippen molar-refractivity contribution in [1.29, 1.82) is 0 Å². The van der Waals surface area contributed by atoms with E-state index in [-0.39, 0.29) is 5.91 Å². The summed E-state index contributed by atoms with van der Waals surface area (Å²) in [6.45, 7) is 6.29. The number of carbonyl (C=O) groups excluding carboxylic acids is 1. The fraction of sp³-hybridized carbons (Fsp3) is 0.533. The molecule has 0 aliphatic carbocycles. The molecule has 1 aliphatic rings. The summed E-state index contributed by atoms with van der Waals surface area (Å²) in [6.07, 6.45) is 2.60. The van der Waals surface area contributed by atoms with Gasteiger partial charge in [0.2, 0.25) is 0 Å². The van der Waals surface area contributed by atoms with Gasteiger partial charge in [-0.2, -0.15) is 0 Å². The minimum absolute atomic E-state index is 0.0173.